The highest BCUT2D eigenvalue weighted by molar-refractivity contribution is 6.22. The lowest BCUT2D eigenvalue weighted by Crippen LogP contribution is -1.93. The SMILES string of the molecule is c1ccc(-c2ccccc2-c2ccc(-c3cc4ccccc4cc3-c3ccccc3)c3c2-c2cccc4cccc-3c24)cc1. The summed E-state index contributed by atoms with van der Waals surface area (Å²) in [6, 6.07) is 62.2. The minimum absolute atomic E-state index is 1.23. The molecule has 0 saturated carbocycles. The molecule has 0 aromatic heterocycles. The predicted molar refractivity (Wildman–Crippen MR) is 188 cm³/mol. The lowest BCUT2D eigenvalue weighted by molar-refractivity contribution is 1.57. The molecule has 8 aromatic rings. The molecule has 0 atom stereocenters. The van der Waals surface area contributed by atoms with Crippen LogP contribution in [-0.2, 0) is 0 Å². The minimum Gasteiger partial charge on any atom is -0.0622 e. The molecule has 1 aliphatic rings. The van der Waals surface area contributed by atoms with Crippen LogP contribution in [0, 0.1) is 0 Å². The van der Waals surface area contributed by atoms with Gasteiger partial charge in [-0.15, -0.1) is 0 Å². The third-order valence-corrected chi connectivity index (χ3v) is 9.21. The van der Waals surface area contributed by atoms with Crippen molar-refractivity contribution in [3.63, 3.8) is 0 Å². The summed E-state index contributed by atoms with van der Waals surface area (Å²) in [6.07, 6.45) is 0. The average Bonchev–Trinajstić information content (AvgIpc) is 3.44. The Kier molecular flexibility index (Phi) is 5.61. The molecule has 0 radical (unpaired) electrons. The molecule has 204 valence electrons. The number of fused-ring (bicyclic) bond motifs is 4. The van der Waals surface area contributed by atoms with Crippen molar-refractivity contribution in [1.29, 1.82) is 0 Å². The van der Waals surface area contributed by atoms with Gasteiger partial charge in [0.1, 0.15) is 0 Å². The molecule has 8 aromatic carbocycles. The number of rotatable bonds is 4. The molecule has 0 saturated heterocycles. The molecule has 0 unspecified atom stereocenters. The summed E-state index contributed by atoms with van der Waals surface area (Å²) >= 11 is 0. The van der Waals surface area contributed by atoms with Crippen LogP contribution >= 0.6 is 0 Å². The summed E-state index contributed by atoms with van der Waals surface area (Å²) in [5, 5.41) is 5.14. The molecule has 0 heteroatoms. The summed E-state index contributed by atoms with van der Waals surface area (Å²) in [5.74, 6) is 0. The highest BCUT2D eigenvalue weighted by atomic mass is 14.3. The van der Waals surface area contributed by atoms with E-state index in [9.17, 15) is 0 Å². The van der Waals surface area contributed by atoms with Crippen LogP contribution in [0.5, 0.6) is 0 Å². The second-order valence-electron chi connectivity index (χ2n) is 11.6. The van der Waals surface area contributed by atoms with Gasteiger partial charge in [0.25, 0.3) is 0 Å². The van der Waals surface area contributed by atoms with Crippen molar-refractivity contribution in [2.75, 3.05) is 0 Å². The van der Waals surface area contributed by atoms with E-state index >= 15 is 0 Å². The zero-order chi connectivity index (χ0) is 29.0. The summed E-state index contributed by atoms with van der Waals surface area (Å²) in [6.45, 7) is 0. The first-order valence-electron chi connectivity index (χ1n) is 15.3. The van der Waals surface area contributed by atoms with Gasteiger partial charge in [-0.3, -0.25) is 0 Å². The fourth-order valence-electron chi connectivity index (χ4n) is 7.28. The maximum atomic E-state index is 2.40. The standard InChI is InChI=1S/C44H28/c1-3-13-29(14-4-1)34-21-9-10-22-35(34)36-25-26-37(44-39-24-12-20-31-19-11-23-38(42(31)39)43(36)44)41-28-33-18-8-7-17-32(33)27-40(41)30-15-5-2-6-16-30/h1-28H. The molecular weight excluding hydrogens is 528 g/mol. The van der Waals surface area contributed by atoms with E-state index in [2.05, 4.69) is 170 Å². The molecule has 0 heterocycles. The van der Waals surface area contributed by atoms with Gasteiger partial charge in [0.2, 0.25) is 0 Å². The monoisotopic (exact) mass is 556 g/mol. The van der Waals surface area contributed by atoms with E-state index in [4.69, 9.17) is 0 Å². The maximum absolute atomic E-state index is 2.40. The van der Waals surface area contributed by atoms with E-state index in [1.54, 1.807) is 0 Å². The molecule has 0 amide bonds. The third-order valence-electron chi connectivity index (χ3n) is 9.21. The molecule has 0 aliphatic heterocycles. The van der Waals surface area contributed by atoms with Crippen LogP contribution in [0.3, 0.4) is 0 Å². The van der Waals surface area contributed by atoms with Crippen LogP contribution in [-0.4, -0.2) is 0 Å². The predicted octanol–water partition coefficient (Wildman–Crippen LogP) is 12.3. The molecule has 0 spiro atoms. The fraction of sp³-hybridized carbons (Fsp3) is 0. The van der Waals surface area contributed by atoms with Crippen molar-refractivity contribution >= 4 is 21.5 Å². The quantitative estimate of drug-likeness (QED) is 0.202. The van der Waals surface area contributed by atoms with Crippen LogP contribution in [0.2, 0.25) is 0 Å². The highest BCUT2D eigenvalue weighted by Gasteiger charge is 2.29. The average molecular weight is 557 g/mol. The summed E-state index contributed by atoms with van der Waals surface area (Å²) in [5.41, 5.74) is 15.3. The van der Waals surface area contributed by atoms with Crippen molar-refractivity contribution in [2.45, 2.75) is 0 Å². The maximum Gasteiger partial charge on any atom is -0.00137 e. The Morgan fingerprint density at radius 2 is 0.659 bits per heavy atom. The van der Waals surface area contributed by atoms with E-state index < -0.39 is 0 Å². The first kappa shape index (κ1) is 24.8. The van der Waals surface area contributed by atoms with Gasteiger partial charge in [-0.2, -0.15) is 0 Å². The number of benzene rings is 8. The van der Waals surface area contributed by atoms with Crippen LogP contribution in [0.25, 0.3) is 88.3 Å². The summed E-state index contributed by atoms with van der Waals surface area (Å²) in [4.78, 5) is 0. The number of hydrogen-bond acceptors (Lipinski definition) is 0. The van der Waals surface area contributed by atoms with Gasteiger partial charge >= 0.3 is 0 Å². The smallest absolute Gasteiger partial charge is 0.00137 e. The van der Waals surface area contributed by atoms with Gasteiger partial charge in [0.15, 0.2) is 0 Å². The Hall–Kier alpha value is -5.72. The van der Waals surface area contributed by atoms with Crippen molar-refractivity contribution in [1.82, 2.24) is 0 Å². The molecule has 0 bridgehead atoms. The Morgan fingerprint density at radius 1 is 0.227 bits per heavy atom. The number of hydrogen-bond donors (Lipinski definition) is 0. The van der Waals surface area contributed by atoms with E-state index in [1.165, 1.54) is 88.3 Å². The second-order valence-corrected chi connectivity index (χ2v) is 11.6. The Bertz CT molecular complexity index is 2360. The normalized spacial score (nSPS) is 11.6. The first-order chi connectivity index (χ1) is 21.8. The van der Waals surface area contributed by atoms with Crippen LogP contribution in [0.4, 0.5) is 0 Å². The molecule has 0 fully saturated rings. The third kappa shape index (κ3) is 3.78. The van der Waals surface area contributed by atoms with E-state index in [-0.39, 0.29) is 0 Å². The molecule has 9 rings (SSSR count). The zero-order valence-corrected chi connectivity index (χ0v) is 24.2. The molecule has 0 N–H and O–H groups in total. The van der Waals surface area contributed by atoms with Gasteiger partial charge < -0.3 is 0 Å². The Morgan fingerprint density at radius 3 is 1.27 bits per heavy atom. The first-order valence-corrected chi connectivity index (χ1v) is 15.3. The molecule has 0 nitrogen and oxygen atoms in total. The van der Waals surface area contributed by atoms with E-state index in [0.717, 1.165) is 0 Å². The molecule has 1 aliphatic carbocycles. The van der Waals surface area contributed by atoms with Gasteiger partial charge in [-0.1, -0.05) is 158 Å². The largest absolute Gasteiger partial charge is 0.0622 e. The summed E-state index contributed by atoms with van der Waals surface area (Å²) in [7, 11) is 0. The van der Waals surface area contributed by atoms with Crippen LogP contribution in [0.1, 0.15) is 0 Å². The van der Waals surface area contributed by atoms with E-state index in [0.29, 0.717) is 0 Å². The Labute approximate surface area is 257 Å². The highest BCUT2D eigenvalue weighted by Crippen LogP contribution is 2.56. The van der Waals surface area contributed by atoms with Gasteiger partial charge in [0.05, 0.1) is 0 Å². The van der Waals surface area contributed by atoms with Gasteiger partial charge in [0, 0.05) is 0 Å². The second kappa shape index (κ2) is 9.93. The Balaban J connectivity index is 1.40. The minimum atomic E-state index is 1.23. The van der Waals surface area contributed by atoms with Crippen molar-refractivity contribution in [3.05, 3.63) is 170 Å². The van der Waals surface area contributed by atoms with E-state index in [1.807, 2.05) is 0 Å². The van der Waals surface area contributed by atoms with Gasteiger partial charge in [-0.25, -0.2) is 0 Å². The fourth-order valence-corrected chi connectivity index (χ4v) is 7.28. The van der Waals surface area contributed by atoms with Gasteiger partial charge in [-0.05, 0) is 100 Å². The molecule has 44 heavy (non-hydrogen) atoms. The zero-order valence-electron chi connectivity index (χ0n) is 24.2. The lowest BCUT2D eigenvalue weighted by Gasteiger charge is -2.20. The van der Waals surface area contributed by atoms with Crippen LogP contribution in [0.15, 0.2) is 170 Å². The molecular formula is C44H28. The van der Waals surface area contributed by atoms with Crippen molar-refractivity contribution in [2.24, 2.45) is 0 Å². The summed E-state index contributed by atoms with van der Waals surface area (Å²) < 4.78 is 0. The van der Waals surface area contributed by atoms with Crippen molar-refractivity contribution in [3.8, 4) is 66.8 Å². The van der Waals surface area contributed by atoms with Crippen LogP contribution < -0.4 is 0 Å². The van der Waals surface area contributed by atoms with Crippen molar-refractivity contribution < 1.29 is 0 Å². The topological polar surface area (TPSA) is 0 Å². The lowest BCUT2D eigenvalue weighted by atomic mass is 9.83.